The van der Waals surface area contributed by atoms with Gasteiger partial charge in [0.1, 0.15) is 0 Å². The molecule has 1 saturated heterocycles. The van der Waals surface area contributed by atoms with Gasteiger partial charge in [0, 0.05) is 17.5 Å². The zero-order chi connectivity index (χ0) is 14.8. The Labute approximate surface area is 118 Å². The van der Waals surface area contributed by atoms with Crippen LogP contribution in [0.4, 0.5) is 8.78 Å². The first-order chi connectivity index (χ1) is 9.40. The molecule has 1 amide bonds. The van der Waals surface area contributed by atoms with Crippen LogP contribution in [0, 0.1) is 5.92 Å². The first-order valence-electron chi connectivity index (χ1n) is 7.08. The molecule has 2 nitrogen and oxygen atoms in total. The Kier molecular flexibility index (Phi) is 4.41. The largest absolute Gasteiger partial charge is 0.350 e. The van der Waals surface area contributed by atoms with Gasteiger partial charge in [-0.15, -0.1) is 0 Å². The second-order valence-corrected chi connectivity index (χ2v) is 6.15. The Hall–Kier alpha value is -1.45. The van der Waals surface area contributed by atoms with Gasteiger partial charge < -0.3 is 5.32 Å². The van der Waals surface area contributed by atoms with Crippen LogP contribution in [0.15, 0.2) is 24.3 Å². The Balaban J connectivity index is 2.20. The maximum Gasteiger partial charge on any atom is 0.263 e. The maximum atomic E-state index is 12.8. The van der Waals surface area contributed by atoms with E-state index in [1.54, 1.807) is 12.1 Å². The lowest BCUT2D eigenvalue weighted by molar-refractivity contribution is -0.119. The Morgan fingerprint density at radius 3 is 2.65 bits per heavy atom. The molecule has 0 bridgehead atoms. The van der Waals surface area contributed by atoms with E-state index in [2.05, 4.69) is 19.2 Å². The number of benzene rings is 1. The number of nitrogens with one attached hydrogen (secondary N) is 1. The van der Waals surface area contributed by atoms with Crippen molar-refractivity contribution in [1.82, 2.24) is 5.32 Å². The molecular formula is C16H21F2NO. The van der Waals surface area contributed by atoms with Crippen molar-refractivity contribution in [2.45, 2.75) is 51.5 Å². The molecule has 20 heavy (non-hydrogen) atoms. The molecule has 1 aliphatic rings. The number of hydrogen-bond donors (Lipinski definition) is 1. The van der Waals surface area contributed by atoms with Crippen LogP contribution < -0.4 is 5.32 Å². The highest BCUT2D eigenvalue weighted by atomic mass is 19.3. The molecule has 0 aromatic heterocycles. The smallest absolute Gasteiger partial charge is 0.263 e. The van der Waals surface area contributed by atoms with Gasteiger partial charge in [-0.05, 0) is 30.7 Å². The van der Waals surface area contributed by atoms with Crippen LogP contribution in [0.25, 0.3) is 0 Å². The summed E-state index contributed by atoms with van der Waals surface area (Å²) < 4.78 is 25.5. The lowest BCUT2D eigenvalue weighted by atomic mass is 9.82. The fourth-order valence-corrected chi connectivity index (χ4v) is 3.14. The lowest BCUT2D eigenvalue weighted by Crippen LogP contribution is -2.44. The van der Waals surface area contributed by atoms with Crippen LogP contribution >= 0.6 is 0 Å². The SMILES string of the molecule is CC(C)CC1(Cc2cccc(C(F)F)c2)CCC(=O)N1. The summed E-state index contributed by atoms with van der Waals surface area (Å²) in [6.45, 7) is 4.23. The van der Waals surface area contributed by atoms with Crippen molar-refractivity contribution in [3.8, 4) is 0 Å². The summed E-state index contributed by atoms with van der Waals surface area (Å²) in [5.74, 6) is 0.516. The maximum absolute atomic E-state index is 12.8. The van der Waals surface area contributed by atoms with Gasteiger partial charge in [-0.1, -0.05) is 38.1 Å². The predicted octanol–water partition coefficient (Wildman–Crippen LogP) is 3.86. The van der Waals surface area contributed by atoms with Gasteiger partial charge in [0.15, 0.2) is 0 Å². The molecule has 1 fully saturated rings. The van der Waals surface area contributed by atoms with E-state index in [1.165, 1.54) is 6.07 Å². The summed E-state index contributed by atoms with van der Waals surface area (Å²) in [5, 5.41) is 3.07. The molecule has 0 radical (unpaired) electrons. The number of halogens is 2. The third-order valence-electron chi connectivity index (χ3n) is 3.78. The minimum absolute atomic E-state index is 0.0477. The van der Waals surface area contributed by atoms with Gasteiger partial charge in [-0.25, -0.2) is 8.78 Å². The minimum atomic E-state index is -2.45. The van der Waals surface area contributed by atoms with E-state index in [0.29, 0.717) is 18.8 Å². The molecule has 1 N–H and O–H groups in total. The molecule has 0 saturated carbocycles. The molecular weight excluding hydrogens is 260 g/mol. The van der Waals surface area contributed by atoms with Crippen molar-refractivity contribution in [1.29, 1.82) is 0 Å². The number of hydrogen-bond acceptors (Lipinski definition) is 1. The summed E-state index contributed by atoms with van der Waals surface area (Å²) >= 11 is 0. The van der Waals surface area contributed by atoms with Crippen LogP contribution in [-0.4, -0.2) is 11.4 Å². The zero-order valence-electron chi connectivity index (χ0n) is 12.0. The van der Waals surface area contributed by atoms with Crippen LogP contribution in [-0.2, 0) is 11.2 Å². The number of carbonyl (C=O) groups excluding carboxylic acids is 1. The number of amides is 1. The van der Waals surface area contributed by atoms with Crippen LogP contribution in [0.3, 0.4) is 0 Å². The van der Waals surface area contributed by atoms with Crippen molar-refractivity contribution >= 4 is 5.91 Å². The highest BCUT2D eigenvalue weighted by Gasteiger charge is 2.38. The fourth-order valence-electron chi connectivity index (χ4n) is 3.14. The highest BCUT2D eigenvalue weighted by Crippen LogP contribution is 2.32. The Bertz CT molecular complexity index is 487. The van der Waals surface area contributed by atoms with Crippen molar-refractivity contribution in [3.63, 3.8) is 0 Å². The van der Waals surface area contributed by atoms with Gasteiger partial charge >= 0.3 is 0 Å². The second kappa shape index (κ2) is 5.90. The molecule has 1 unspecified atom stereocenters. The molecule has 1 atom stereocenters. The summed E-state index contributed by atoms with van der Waals surface area (Å²) in [6, 6.07) is 6.52. The highest BCUT2D eigenvalue weighted by molar-refractivity contribution is 5.79. The molecule has 1 aromatic rings. The first kappa shape index (κ1) is 14.9. The average molecular weight is 281 g/mol. The van der Waals surface area contributed by atoms with E-state index < -0.39 is 6.43 Å². The van der Waals surface area contributed by atoms with E-state index >= 15 is 0 Å². The van der Waals surface area contributed by atoms with E-state index in [4.69, 9.17) is 0 Å². The van der Waals surface area contributed by atoms with E-state index in [0.717, 1.165) is 18.4 Å². The van der Waals surface area contributed by atoms with E-state index in [1.807, 2.05) is 6.07 Å². The third-order valence-corrected chi connectivity index (χ3v) is 3.78. The average Bonchev–Trinajstić information content (AvgIpc) is 2.69. The zero-order valence-corrected chi connectivity index (χ0v) is 12.0. The summed E-state index contributed by atoms with van der Waals surface area (Å²) in [7, 11) is 0. The molecule has 1 heterocycles. The van der Waals surface area contributed by atoms with Gasteiger partial charge in [0.2, 0.25) is 5.91 Å². The van der Waals surface area contributed by atoms with Crippen molar-refractivity contribution in [2.24, 2.45) is 5.92 Å². The van der Waals surface area contributed by atoms with E-state index in [9.17, 15) is 13.6 Å². The number of carbonyl (C=O) groups is 1. The summed E-state index contributed by atoms with van der Waals surface area (Å²) in [6.07, 6.45) is 0.355. The van der Waals surface area contributed by atoms with Crippen LogP contribution in [0.2, 0.25) is 0 Å². The standard InChI is InChI=1S/C16H21F2NO/c1-11(2)9-16(7-6-14(20)19-16)10-12-4-3-5-13(8-12)15(17)18/h3-5,8,11,15H,6-7,9-10H2,1-2H3,(H,19,20). The third kappa shape index (κ3) is 3.56. The van der Waals surface area contributed by atoms with Gasteiger partial charge in [-0.2, -0.15) is 0 Å². The van der Waals surface area contributed by atoms with Crippen LogP contribution in [0.5, 0.6) is 0 Å². The monoisotopic (exact) mass is 281 g/mol. The molecule has 2 rings (SSSR count). The predicted molar refractivity (Wildman–Crippen MR) is 74.7 cm³/mol. The van der Waals surface area contributed by atoms with Gasteiger partial charge in [0.25, 0.3) is 6.43 Å². The molecule has 0 spiro atoms. The van der Waals surface area contributed by atoms with Crippen molar-refractivity contribution in [2.75, 3.05) is 0 Å². The van der Waals surface area contributed by atoms with E-state index in [-0.39, 0.29) is 17.0 Å². The number of alkyl halides is 2. The van der Waals surface area contributed by atoms with Crippen molar-refractivity contribution < 1.29 is 13.6 Å². The summed E-state index contributed by atoms with van der Waals surface area (Å²) in [4.78, 5) is 11.6. The number of rotatable bonds is 5. The molecule has 110 valence electrons. The van der Waals surface area contributed by atoms with Gasteiger partial charge in [-0.3, -0.25) is 4.79 Å². The summed E-state index contributed by atoms with van der Waals surface area (Å²) in [5.41, 5.74) is 0.642. The lowest BCUT2D eigenvalue weighted by Gasteiger charge is -2.31. The Morgan fingerprint density at radius 1 is 1.35 bits per heavy atom. The van der Waals surface area contributed by atoms with Gasteiger partial charge in [0.05, 0.1) is 0 Å². The Morgan fingerprint density at radius 2 is 2.10 bits per heavy atom. The quantitative estimate of drug-likeness (QED) is 0.872. The fraction of sp³-hybridized carbons (Fsp3) is 0.562. The second-order valence-electron chi connectivity index (χ2n) is 6.15. The van der Waals surface area contributed by atoms with Crippen LogP contribution in [0.1, 0.15) is 50.7 Å². The first-order valence-corrected chi connectivity index (χ1v) is 7.08. The molecule has 0 aliphatic carbocycles. The topological polar surface area (TPSA) is 29.1 Å². The molecule has 1 aliphatic heterocycles. The molecule has 1 aromatic carbocycles. The molecule has 4 heteroatoms. The normalized spacial score (nSPS) is 22.6. The van der Waals surface area contributed by atoms with Crippen molar-refractivity contribution in [3.05, 3.63) is 35.4 Å². The minimum Gasteiger partial charge on any atom is -0.350 e.